The van der Waals surface area contributed by atoms with Crippen molar-refractivity contribution in [1.29, 1.82) is 0 Å². The van der Waals surface area contributed by atoms with Gasteiger partial charge in [0.25, 0.3) is 0 Å². The molecule has 1 aromatic rings. The zero-order chi connectivity index (χ0) is 14.7. The van der Waals surface area contributed by atoms with Gasteiger partial charge in [-0.2, -0.15) is 15.0 Å². The minimum atomic E-state index is -0.218. The summed E-state index contributed by atoms with van der Waals surface area (Å²) in [6, 6.07) is 0. The van der Waals surface area contributed by atoms with E-state index in [0.717, 1.165) is 45.2 Å². The topological polar surface area (TPSA) is 112 Å². The molecule has 0 radical (unpaired) electrons. The van der Waals surface area contributed by atoms with Gasteiger partial charge >= 0.3 is 0 Å². The number of anilines is 3. The average Bonchev–Trinajstić information content (AvgIpc) is 3.16. The van der Waals surface area contributed by atoms with Crippen LogP contribution >= 0.6 is 0 Å². The zero-order valence-electron chi connectivity index (χ0n) is 12.1. The summed E-state index contributed by atoms with van der Waals surface area (Å²) in [5.74, 6) is 7.24. The highest BCUT2D eigenvalue weighted by Gasteiger charge is 2.25. The zero-order valence-corrected chi connectivity index (χ0v) is 12.1. The molecule has 1 saturated carbocycles. The minimum Gasteiger partial charge on any atom is -0.393 e. The van der Waals surface area contributed by atoms with Gasteiger partial charge in [-0.15, -0.1) is 0 Å². The maximum Gasteiger partial charge on any atom is 0.243 e. The summed E-state index contributed by atoms with van der Waals surface area (Å²) in [6.07, 6.45) is 5.12. The van der Waals surface area contributed by atoms with Crippen LogP contribution in [-0.4, -0.2) is 45.8 Å². The number of nitrogens with two attached hydrogens (primary N) is 1. The second-order valence-corrected chi connectivity index (χ2v) is 5.76. The molecule has 1 saturated heterocycles. The quantitative estimate of drug-likeness (QED) is 0.454. The van der Waals surface area contributed by atoms with Crippen LogP contribution in [0, 0.1) is 5.92 Å². The molecular formula is C13H23N7O. The molecule has 116 valence electrons. The number of aliphatic hydroxyl groups excluding tert-OH is 1. The second-order valence-electron chi connectivity index (χ2n) is 5.76. The summed E-state index contributed by atoms with van der Waals surface area (Å²) in [5, 5.41) is 13.1. The van der Waals surface area contributed by atoms with Gasteiger partial charge in [0, 0.05) is 25.6 Å². The number of nitrogen functional groups attached to an aromatic ring is 1. The number of hydrogen-bond acceptors (Lipinski definition) is 8. The van der Waals surface area contributed by atoms with Crippen molar-refractivity contribution in [3.63, 3.8) is 0 Å². The first kappa shape index (κ1) is 14.3. The summed E-state index contributed by atoms with van der Waals surface area (Å²) < 4.78 is 0. The van der Waals surface area contributed by atoms with Gasteiger partial charge in [0.1, 0.15) is 0 Å². The van der Waals surface area contributed by atoms with Gasteiger partial charge in [0.2, 0.25) is 17.8 Å². The van der Waals surface area contributed by atoms with Gasteiger partial charge in [0.05, 0.1) is 6.10 Å². The molecular weight excluding hydrogens is 270 g/mol. The fourth-order valence-electron chi connectivity index (χ4n) is 3.04. The maximum atomic E-state index is 9.86. The number of aromatic nitrogens is 3. The lowest BCUT2D eigenvalue weighted by Crippen LogP contribution is -2.25. The summed E-state index contributed by atoms with van der Waals surface area (Å²) in [6.45, 7) is 2.61. The highest BCUT2D eigenvalue weighted by molar-refractivity contribution is 5.43. The van der Waals surface area contributed by atoms with Crippen molar-refractivity contribution >= 4 is 17.8 Å². The first-order valence-corrected chi connectivity index (χ1v) is 7.66. The van der Waals surface area contributed by atoms with E-state index in [2.05, 4.69) is 30.6 Å². The molecule has 1 aromatic heterocycles. The van der Waals surface area contributed by atoms with Crippen molar-refractivity contribution in [2.24, 2.45) is 11.8 Å². The molecule has 0 spiro atoms. The minimum absolute atomic E-state index is 0.218. The largest absolute Gasteiger partial charge is 0.393 e. The Hall–Kier alpha value is -1.67. The van der Waals surface area contributed by atoms with Crippen LogP contribution in [0.25, 0.3) is 0 Å². The van der Waals surface area contributed by atoms with Crippen molar-refractivity contribution in [3.05, 3.63) is 0 Å². The lowest BCUT2D eigenvalue weighted by molar-refractivity contribution is 0.138. The monoisotopic (exact) mass is 293 g/mol. The molecule has 2 fully saturated rings. The van der Waals surface area contributed by atoms with Crippen LogP contribution in [0.2, 0.25) is 0 Å². The molecule has 21 heavy (non-hydrogen) atoms. The molecule has 2 aliphatic rings. The SMILES string of the molecule is NNc1nc(NCC2CCCC2O)nc(N2CCCC2)n1. The van der Waals surface area contributed by atoms with Crippen LogP contribution in [0.4, 0.5) is 17.8 Å². The Labute approximate surface area is 124 Å². The van der Waals surface area contributed by atoms with Crippen LogP contribution in [0.1, 0.15) is 32.1 Å². The van der Waals surface area contributed by atoms with Gasteiger partial charge in [-0.25, -0.2) is 5.84 Å². The molecule has 2 unspecified atom stereocenters. The van der Waals surface area contributed by atoms with Gasteiger partial charge in [-0.05, 0) is 25.7 Å². The number of nitrogens with one attached hydrogen (secondary N) is 2. The Morgan fingerprint density at radius 3 is 2.52 bits per heavy atom. The molecule has 1 aliphatic heterocycles. The highest BCUT2D eigenvalue weighted by Crippen LogP contribution is 2.26. The fourth-order valence-corrected chi connectivity index (χ4v) is 3.04. The molecule has 0 aromatic carbocycles. The third-order valence-corrected chi connectivity index (χ3v) is 4.28. The van der Waals surface area contributed by atoms with E-state index in [0.29, 0.717) is 24.4 Å². The molecule has 8 nitrogen and oxygen atoms in total. The molecule has 1 aliphatic carbocycles. The number of hydrogen-bond donors (Lipinski definition) is 4. The predicted molar refractivity (Wildman–Crippen MR) is 80.9 cm³/mol. The van der Waals surface area contributed by atoms with Crippen molar-refractivity contribution < 1.29 is 5.11 Å². The van der Waals surface area contributed by atoms with E-state index in [4.69, 9.17) is 5.84 Å². The van der Waals surface area contributed by atoms with Gasteiger partial charge < -0.3 is 15.3 Å². The van der Waals surface area contributed by atoms with Crippen molar-refractivity contribution in [1.82, 2.24) is 15.0 Å². The van der Waals surface area contributed by atoms with Gasteiger partial charge in [-0.1, -0.05) is 6.42 Å². The Bertz CT molecular complexity index is 478. The second kappa shape index (κ2) is 6.40. The van der Waals surface area contributed by atoms with E-state index in [1.54, 1.807) is 0 Å². The Morgan fingerprint density at radius 1 is 1.10 bits per heavy atom. The van der Waals surface area contributed by atoms with E-state index < -0.39 is 0 Å². The third kappa shape index (κ3) is 3.33. The number of hydrazine groups is 1. The molecule has 0 bridgehead atoms. The number of nitrogens with zero attached hydrogens (tertiary/aromatic N) is 4. The van der Waals surface area contributed by atoms with E-state index in [1.807, 2.05) is 0 Å². The molecule has 2 atom stereocenters. The van der Waals surface area contributed by atoms with Crippen LogP contribution in [-0.2, 0) is 0 Å². The molecule has 5 N–H and O–H groups in total. The lowest BCUT2D eigenvalue weighted by Gasteiger charge is -2.18. The van der Waals surface area contributed by atoms with Crippen LogP contribution in [0.5, 0.6) is 0 Å². The summed E-state index contributed by atoms with van der Waals surface area (Å²) in [5.41, 5.74) is 2.49. The lowest BCUT2D eigenvalue weighted by atomic mass is 10.1. The van der Waals surface area contributed by atoms with Crippen LogP contribution in [0.15, 0.2) is 0 Å². The molecule has 3 rings (SSSR count). The first-order chi connectivity index (χ1) is 10.3. The Balaban J connectivity index is 1.69. The predicted octanol–water partition coefficient (Wildman–Crippen LogP) is 0.330. The molecule has 8 heteroatoms. The number of rotatable bonds is 5. The first-order valence-electron chi connectivity index (χ1n) is 7.66. The molecule has 2 heterocycles. The molecule has 0 amide bonds. The van der Waals surface area contributed by atoms with E-state index in [9.17, 15) is 5.11 Å². The van der Waals surface area contributed by atoms with E-state index in [-0.39, 0.29) is 12.0 Å². The Morgan fingerprint density at radius 2 is 1.86 bits per heavy atom. The van der Waals surface area contributed by atoms with Crippen LogP contribution in [0.3, 0.4) is 0 Å². The van der Waals surface area contributed by atoms with Crippen molar-refractivity contribution in [2.45, 2.75) is 38.2 Å². The Kier molecular flexibility index (Phi) is 4.35. The maximum absolute atomic E-state index is 9.86. The fraction of sp³-hybridized carbons (Fsp3) is 0.769. The van der Waals surface area contributed by atoms with Crippen molar-refractivity contribution in [3.8, 4) is 0 Å². The van der Waals surface area contributed by atoms with Crippen LogP contribution < -0.4 is 21.5 Å². The normalized spacial score (nSPS) is 25.3. The van der Waals surface area contributed by atoms with Crippen molar-refractivity contribution in [2.75, 3.05) is 35.3 Å². The highest BCUT2D eigenvalue weighted by atomic mass is 16.3. The van der Waals surface area contributed by atoms with E-state index >= 15 is 0 Å². The summed E-state index contributed by atoms with van der Waals surface area (Å²) >= 11 is 0. The average molecular weight is 293 g/mol. The third-order valence-electron chi connectivity index (χ3n) is 4.28. The standard InChI is InChI=1S/C13H23N7O/c14-19-12-16-11(15-8-9-4-3-5-10(9)21)17-13(18-12)20-6-1-2-7-20/h9-10,21H,1-8,14H2,(H2,15,16,17,18,19). The summed E-state index contributed by atoms with van der Waals surface area (Å²) in [7, 11) is 0. The summed E-state index contributed by atoms with van der Waals surface area (Å²) in [4.78, 5) is 15.1. The smallest absolute Gasteiger partial charge is 0.243 e. The van der Waals surface area contributed by atoms with Gasteiger partial charge in [-0.3, -0.25) is 5.43 Å². The van der Waals surface area contributed by atoms with E-state index in [1.165, 1.54) is 0 Å². The van der Waals surface area contributed by atoms with Gasteiger partial charge in [0.15, 0.2) is 0 Å². The number of aliphatic hydroxyl groups is 1.